The van der Waals surface area contributed by atoms with E-state index in [2.05, 4.69) is 47.0 Å². The number of aromatic nitrogens is 1. The van der Waals surface area contributed by atoms with Gasteiger partial charge in [-0.15, -0.1) is 0 Å². The number of carbonyl (C=O) groups is 1. The van der Waals surface area contributed by atoms with Gasteiger partial charge in [0, 0.05) is 42.4 Å². The quantitative estimate of drug-likeness (QED) is 0.301. The Bertz CT molecular complexity index is 1420. The van der Waals surface area contributed by atoms with E-state index in [4.69, 9.17) is 9.47 Å². The molecule has 0 bridgehead atoms. The molecule has 0 unspecified atom stereocenters. The van der Waals surface area contributed by atoms with Crippen molar-refractivity contribution in [3.63, 3.8) is 0 Å². The average Bonchev–Trinajstić information content (AvgIpc) is 3.45. The molecule has 2 aromatic carbocycles. The second-order valence-corrected chi connectivity index (χ2v) is 9.49. The van der Waals surface area contributed by atoms with Crippen LogP contribution in [0.25, 0.3) is 16.5 Å². The summed E-state index contributed by atoms with van der Waals surface area (Å²) in [6, 6.07) is 13.7. The van der Waals surface area contributed by atoms with Crippen molar-refractivity contribution in [2.75, 3.05) is 43.5 Å². The molecule has 0 spiro atoms. The summed E-state index contributed by atoms with van der Waals surface area (Å²) in [6.07, 6.45) is 5.59. The molecule has 3 aromatic rings. The highest BCUT2D eigenvalue weighted by Crippen LogP contribution is 2.37. The predicted octanol–water partition coefficient (Wildman–Crippen LogP) is 5.89. The minimum atomic E-state index is -0.262. The van der Waals surface area contributed by atoms with Crippen LogP contribution in [0.1, 0.15) is 38.3 Å². The first-order valence-electron chi connectivity index (χ1n) is 13.3. The Morgan fingerprint density at radius 1 is 1.31 bits per heavy atom. The van der Waals surface area contributed by atoms with Gasteiger partial charge in [-0.05, 0) is 43.8 Å². The molecule has 1 saturated heterocycles. The fourth-order valence-electron chi connectivity index (χ4n) is 4.39. The van der Waals surface area contributed by atoms with Crippen LogP contribution in [0.2, 0.25) is 0 Å². The molecule has 8 heteroatoms. The van der Waals surface area contributed by atoms with Gasteiger partial charge >= 0.3 is 0 Å². The Morgan fingerprint density at radius 2 is 2.13 bits per heavy atom. The van der Waals surface area contributed by atoms with E-state index in [1.165, 1.54) is 6.08 Å². The Labute approximate surface area is 229 Å². The minimum Gasteiger partial charge on any atom is -0.486 e. The molecule has 1 fully saturated rings. The molecule has 39 heavy (non-hydrogen) atoms. The number of amides is 1. The van der Waals surface area contributed by atoms with Gasteiger partial charge in [-0.3, -0.25) is 9.78 Å². The first kappa shape index (κ1) is 27.8. The van der Waals surface area contributed by atoms with Crippen LogP contribution in [0.4, 0.5) is 17.1 Å². The number of hydrogen-bond acceptors (Lipinski definition) is 7. The summed E-state index contributed by atoms with van der Waals surface area (Å²) in [4.78, 5) is 19.6. The maximum Gasteiger partial charge on any atom is 0.248 e. The van der Waals surface area contributed by atoms with Crippen LogP contribution >= 0.6 is 0 Å². The third kappa shape index (κ3) is 7.02. The molecule has 2 N–H and O–H groups in total. The molecule has 202 valence electrons. The highest BCUT2D eigenvalue weighted by atomic mass is 16.5. The van der Waals surface area contributed by atoms with Gasteiger partial charge < -0.3 is 25.0 Å². The summed E-state index contributed by atoms with van der Waals surface area (Å²) in [5.74, 6) is 0.248. The van der Waals surface area contributed by atoms with Crippen LogP contribution in [-0.2, 0) is 9.53 Å². The van der Waals surface area contributed by atoms with Crippen molar-refractivity contribution < 1.29 is 14.3 Å². The standard InChI is InChI=1S/C31H35N5O3/c1-5-36(6-2)13-8-11-30(37)35-28-16-26-27(17-29(28)39-25-12-14-38-20-25)33-19-23(18-32)31(26)34-24-10-7-9-22(15-24)21(3)4/h7-11,15-17,19,25H,3,5-6,12-14,20H2,1-2,4H3,(H,33,34)(H,35,37)/b11-8+/t25-/m0/s1. The Hall–Kier alpha value is -4.19. The predicted molar refractivity (Wildman–Crippen MR) is 156 cm³/mol. The number of allylic oxidation sites excluding steroid dienone is 1. The lowest BCUT2D eigenvalue weighted by Crippen LogP contribution is -2.23. The molecule has 1 aliphatic heterocycles. The summed E-state index contributed by atoms with van der Waals surface area (Å²) in [5.41, 5.74) is 4.88. The lowest BCUT2D eigenvalue weighted by atomic mass is 10.1. The first-order chi connectivity index (χ1) is 18.9. The maximum absolute atomic E-state index is 12.9. The van der Waals surface area contributed by atoms with Crippen molar-refractivity contribution in [3.05, 3.63) is 72.5 Å². The van der Waals surface area contributed by atoms with Crippen LogP contribution in [-0.4, -0.2) is 54.7 Å². The molecule has 1 aliphatic rings. The number of fused-ring (bicyclic) bond motifs is 1. The Kier molecular flexibility index (Phi) is 9.31. The lowest BCUT2D eigenvalue weighted by Gasteiger charge is -2.19. The largest absolute Gasteiger partial charge is 0.486 e. The molecule has 2 heterocycles. The maximum atomic E-state index is 12.9. The molecular weight excluding hydrogens is 490 g/mol. The van der Waals surface area contributed by atoms with E-state index in [0.717, 1.165) is 36.3 Å². The van der Waals surface area contributed by atoms with Crippen molar-refractivity contribution >= 4 is 39.4 Å². The summed E-state index contributed by atoms with van der Waals surface area (Å²) in [5, 5.41) is 16.9. The zero-order valence-corrected chi connectivity index (χ0v) is 22.8. The molecule has 1 aromatic heterocycles. The number of likely N-dealkylation sites (N-methyl/N-ethyl adjacent to an activating group) is 1. The zero-order chi connectivity index (χ0) is 27.8. The second-order valence-electron chi connectivity index (χ2n) is 9.49. The van der Waals surface area contributed by atoms with Crippen molar-refractivity contribution in [2.45, 2.75) is 33.3 Å². The number of nitrogens with zero attached hydrogens (tertiary/aromatic N) is 3. The van der Waals surface area contributed by atoms with Crippen molar-refractivity contribution in [1.82, 2.24) is 9.88 Å². The summed E-state index contributed by atoms with van der Waals surface area (Å²) in [7, 11) is 0. The van der Waals surface area contributed by atoms with Gasteiger partial charge in [-0.2, -0.15) is 5.26 Å². The molecular formula is C31H35N5O3. The molecule has 1 atom stereocenters. The van der Waals surface area contributed by atoms with E-state index in [1.54, 1.807) is 12.3 Å². The van der Waals surface area contributed by atoms with Gasteiger partial charge in [-0.25, -0.2) is 0 Å². The van der Waals surface area contributed by atoms with E-state index >= 15 is 0 Å². The number of ether oxygens (including phenoxy) is 2. The molecule has 4 rings (SSSR count). The van der Waals surface area contributed by atoms with Crippen LogP contribution in [0, 0.1) is 11.3 Å². The third-order valence-electron chi connectivity index (χ3n) is 6.68. The summed E-state index contributed by atoms with van der Waals surface area (Å²) < 4.78 is 11.7. The highest BCUT2D eigenvalue weighted by Gasteiger charge is 2.21. The SMILES string of the molecule is C=C(C)c1cccc(Nc2c(C#N)cnc3cc(O[C@H]4CCOC4)c(NC(=O)/C=C/CN(CC)CC)cc23)c1. The summed E-state index contributed by atoms with van der Waals surface area (Å²) in [6.45, 7) is 13.8. The third-order valence-corrected chi connectivity index (χ3v) is 6.68. The van der Waals surface area contributed by atoms with Gasteiger partial charge in [0.25, 0.3) is 0 Å². The lowest BCUT2D eigenvalue weighted by molar-refractivity contribution is -0.111. The molecule has 0 saturated carbocycles. The molecule has 8 nitrogen and oxygen atoms in total. The molecule has 0 radical (unpaired) electrons. The number of anilines is 3. The van der Waals surface area contributed by atoms with Gasteiger partial charge in [0.05, 0.1) is 35.7 Å². The van der Waals surface area contributed by atoms with Gasteiger partial charge in [0.15, 0.2) is 0 Å². The van der Waals surface area contributed by atoms with Gasteiger partial charge in [0.2, 0.25) is 5.91 Å². The van der Waals surface area contributed by atoms with Crippen LogP contribution < -0.4 is 15.4 Å². The minimum absolute atomic E-state index is 0.114. The van der Waals surface area contributed by atoms with E-state index in [1.807, 2.05) is 43.3 Å². The molecule has 1 amide bonds. The smallest absolute Gasteiger partial charge is 0.248 e. The fourth-order valence-corrected chi connectivity index (χ4v) is 4.39. The highest BCUT2D eigenvalue weighted by molar-refractivity contribution is 6.05. The Morgan fingerprint density at radius 3 is 2.82 bits per heavy atom. The number of rotatable bonds is 11. The number of nitriles is 1. The zero-order valence-electron chi connectivity index (χ0n) is 22.8. The number of pyridine rings is 1. The van der Waals surface area contributed by atoms with Crippen LogP contribution in [0.3, 0.4) is 0 Å². The number of benzene rings is 2. The van der Waals surface area contributed by atoms with Crippen molar-refractivity contribution in [3.8, 4) is 11.8 Å². The van der Waals surface area contributed by atoms with E-state index in [9.17, 15) is 10.1 Å². The van der Waals surface area contributed by atoms with Crippen molar-refractivity contribution in [1.29, 1.82) is 5.26 Å². The van der Waals surface area contributed by atoms with Crippen LogP contribution in [0.15, 0.2) is 61.3 Å². The monoisotopic (exact) mass is 525 g/mol. The fraction of sp³-hybridized carbons (Fsp3) is 0.323. The van der Waals surface area contributed by atoms with E-state index < -0.39 is 0 Å². The normalized spacial score (nSPS) is 15.0. The average molecular weight is 526 g/mol. The molecule has 0 aliphatic carbocycles. The number of nitrogens with one attached hydrogen (secondary N) is 2. The van der Waals surface area contributed by atoms with Crippen LogP contribution in [0.5, 0.6) is 5.75 Å². The van der Waals surface area contributed by atoms with Gasteiger partial charge in [0.1, 0.15) is 17.9 Å². The van der Waals surface area contributed by atoms with E-state index in [-0.39, 0.29) is 12.0 Å². The second kappa shape index (κ2) is 13.1. The topological polar surface area (TPSA) is 99.5 Å². The number of hydrogen-bond donors (Lipinski definition) is 2. The van der Waals surface area contributed by atoms with Gasteiger partial charge in [-0.1, -0.05) is 44.2 Å². The van der Waals surface area contributed by atoms with E-state index in [0.29, 0.717) is 53.3 Å². The first-order valence-corrected chi connectivity index (χ1v) is 13.3. The summed E-state index contributed by atoms with van der Waals surface area (Å²) >= 11 is 0. The van der Waals surface area contributed by atoms with Crippen molar-refractivity contribution in [2.24, 2.45) is 0 Å². The Balaban J connectivity index is 1.73. The number of carbonyl (C=O) groups excluding carboxylic acids is 1.